The van der Waals surface area contributed by atoms with Gasteiger partial charge in [0.25, 0.3) is 5.91 Å². The lowest BCUT2D eigenvalue weighted by Gasteiger charge is -2.26. The number of methoxy groups -OCH3 is 1. The predicted molar refractivity (Wildman–Crippen MR) is 102 cm³/mol. The molecule has 0 spiro atoms. The lowest BCUT2D eigenvalue weighted by molar-refractivity contribution is 0.0675. The highest BCUT2D eigenvalue weighted by atomic mass is 19.1. The third-order valence-corrected chi connectivity index (χ3v) is 5.01. The number of rotatable bonds is 5. The van der Waals surface area contributed by atoms with Crippen molar-refractivity contribution in [3.05, 3.63) is 70.7 Å². The first kappa shape index (κ1) is 18.2. The molecule has 3 aromatic rings. The predicted octanol–water partition coefficient (Wildman–Crippen LogP) is 3.42. The zero-order chi connectivity index (χ0) is 19.8. The summed E-state index contributed by atoms with van der Waals surface area (Å²) < 4.78 is 19.8. The fraction of sp³-hybridized carbons (Fsp3) is 0.238. The maximum atomic E-state index is 14.7. The Morgan fingerprint density at radius 1 is 1.29 bits per heavy atom. The van der Waals surface area contributed by atoms with Crippen LogP contribution in [0.15, 0.2) is 42.5 Å². The Balaban J connectivity index is 1.92. The minimum Gasteiger partial charge on any atom is -0.507 e. The van der Waals surface area contributed by atoms with Crippen molar-refractivity contribution < 1.29 is 19.0 Å². The van der Waals surface area contributed by atoms with Gasteiger partial charge in [-0.05, 0) is 25.1 Å². The number of hydrogen-bond acceptors (Lipinski definition) is 4. The number of aryl methyl sites for hydroxylation is 1. The number of nitrogens with zero attached hydrogens (tertiary/aromatic N) is 2. The maximum Gasteiger partial charge on any atom is 0.273 e. The summed E-state index contributed by atoms with van der Waals surface area (Å²) in [4.78, 5) is 14.6. The molecular formula is C21H20FN3O3. The second kappa shape index (κ2) is 7.09. The highest BCUT2D eigenvalue weighted by Crippen LogP contribution is 2.44. The number of amides is 1. The fourth-order valence-electron chi connectivity index (χ4n) is 3.68. The van der Waals surface area contributed by atoms with Gasteiger partial charge in [-0.3, -0.25) is 9.89 Å². The molecule has 6 nitrogen and oxygen atoms in total. The number of nitrogens with one attached hydrogen (secondary N) is 1. The molecule has 1 aliphatic heterocycles. The zero-order valence-corrected chi connectivity index (χ0v) is 15.6. The van der Waals surface area contributed by atoms with Gasteiger partial charge in [-0.2, -0.15) is 5.10 Å². The number of halogens is 1. The van der Waals surface area contributed by atoms with E-state index in [9.17, 15) is 14.3 Å². The molecule has 1 atom stereocenters. The van der Waals surface area contributed by atoms with Crippen molar-refractivity contribution in [2.45, 2.75) is 13.0 Å². The lowest BCUT2D eigenvalue weighted by Crippen LogP contribution is -2.33. The van der Waals surface area contributed by atoms with Crippen LogP contribution in [0.5, 0.6) is 5.75 Å². The summed E-state index contributed by atoms with van der Waals surface area (Å²) in [5.74, 6) is -0.627. The van der Waals surface area contributed by atoms with Gasteiger partial charge in [0.15, 0.2) is 0 Å². The molecule has 0 radical (unpaired) electrons. The van der Waals surface area contributed by atoms with Crippen LogP contribution < -0.4 is 0 Å². The van der Waals surface area contributed by atoms with Crippen LogP contribution in [0.3, 0.4) is 0 Å². The van der Waals surface area contributed by atoms with Crippen LogP contribution in [0.4, 0.5) is 4.39 Å². The van der Waals surface area contributed by atoms with Crippen molar-refractivity contribution in [3.63, 3.8) is 0 Å². The van der Waals surface area contributed by atoms with Gasteiger partial charge in [0, 0.05) is 30.3 Å². The molecule has 28 heavy (non-hydrogen) atoms. The van der Waals surface area contributed by atoms with Crippen molar-refractivity contribution in [2.24, 2.45) is 0 Å². The van der Waals surface area contributed by atoms with Gasteiger partial charge in [-0.15, -0.1) is 0 Å². The topological polar surface area (TPSA) is 78.5 Å². The van der Waals surface area contributed by atoms with Gasteiger partial charge >= 0.3 is 0 Å². The number of H-pyrrole nitrogens is 1. The molecule has 1 aliphatic rings. The smallest absolute Gasteiger partial charge is 0.273 e. The van der Waals surface area contributed by atoms with Gasteiger partial charge in [0.05, 0.1) is 12.6 Å². The first-order valence-electron chi connectivity index (χ1n) is 8.95. The first-order chi connectivity index (χ1) is 13.5. The lowest BCUT2D eigenvalue weighted by atomic mass is 9.95. The van der Waals surface area contributed by atoms with Crippen molar-refractivity contribution in [1.82, 2.24) is 15.1 Å². The summed E-state index contributed by atoms with van der Waals surface area (Å²) in [6.45, 7) is 2.52. The summed E-state index contributed by atoms with van der Waals surface area (Å²) >= 11 is 0. The van der Waals surface area contributed by atoms with Crippen molar-refractivity contribution in [1.29, 1.82) is 0 Å². The van der Waals surface area contributed by atoms with Gasteiger partial charge in [0.1, 0.15) is 23.0 Å². The van der Waals surface area contributed by atoms with Gasteiger partial charge < -0.3 is 14.7 Å². The van der Waals surface area contributed by atoms with E-state index in [-0.39, 0.29) is 11.7 Å². The molecule has 4 rings (SSSR count). The number of phenols is 1. The van der Waals surface area contributed by atoms with Crippen molar-refractivity contribution >= 4 is 5.91 Å². The molecule has 2 heterocycles. The number of hydrogen-bond donors (Lipinski definition) is 2. The van der Waals surface area contributed by atoms with Crippen LogP contribution >= 0.6 is 0 Å². The number of carbonyl (C=O) groups excluding carboxylic acids is 1. The summed E-state index contributed by atoms with van der Waals surface area (Å²) in [6, 6.07) is 10.9. The number of carbonyl (C=O) groups is 1. The second-order valence-corrected chi connectivity index (χ2v) is 6.80. The molecule has 144 valence electrons. The Morgan fingerprint density at radius 3 is 2.82 bits per heavy atom. The molecule has 0 bridgehead atoms. The van der Waals surface area contributed by atoms with Crippen LogP contribution in [0.2, 0.25) is 0 Å². The number of aromatic amines is 1. The molecular weight excluding hydrogens is 361 g/mol. The number of ether oxygens (including phenoxy) is 1. The van der Waals surface area contributed by atoms with Crippen LogP contribution in [-0.2, 0) is 4.74 Å². The maximum absolute atomic E-state index is 14.7. The Morgan fingerprint density at radius 2 is 2.07 bits per heavy atom. The molecule has 0 saturated carbocycles. The number of aromatic nitrogens is 2. The molecule has 1 aromatic heterocycles. The molecule has 7 heteroatoms. The van der Waals surface area contributed by atoms with Gasteiger partial charge in [0.2, 0.25) is 0 Å². The van der Waals surface area contributed by atoms with Gasteiger partial charge in [-0.25, -0.2) is 4.39 Å². The average Bonchev–Trinajstić information content (AvgIpc) is 3.22. The van der Waals surface area contributed by atoms with E-state index in [4.69, 9.17) is 4.74 Å². The molecule has 0 unspecified atom stereocenters. The molecule has 0 fully saturated rings. The van der Waals surface area contributed by atoms with Crippen LogP contribution in [0.1, 0.15) is 33.2 Å². The number of fused-ring (bicyclic) bond motifs is 1. The van der Waals surface area contributed by atoms with E-state index in [1.807, 2.05) is 6.92 Å². The summed E-state index contributed by atoms with van der Waals surface area (Å²) in [5, 5.41) is 17.5. The minimum absolute atomic E-state index is 0.0509. The fourth-order valence-corrected chi connectivity index (χ4v) is 3.68. The monoisotopic (exact) mass is 381 g/mol. The molecule has 2 N–H and O–H groups in total. The SMILES string of the molecule is COCCN1C(=O)c2[nH]nc(-c3cc(C)ccc3O)c2[C@@H]1c1ccccc1F. The van der Waals surface area contributed by atoms with Crippen LogP contribution in [0, 0.1) is 12.7 Å². The average molecular weight is 381 g/mol. The minimum atomic E-state index is -0.660. The van der Waals surface area contributed by atoms with E-state index >= 15 is 0 Å². The number of benzene rings is 2. The third kappa shape index (κ3) is 2.84. The van der Waals surface area contributed by atoms with Crippen molar-refractivity contribution in [3.8, 4) is 17.0 Å². The number of phenolic OH excluding ortho intramolecular Hbond substituents is 1. The molecule has 0 saturated heterocycles. The summed E-state index contributed by atoms with van der Waals surface area (Å²) in [7, 11) is 1.55. The summed E-state index contributed by atoms with van der Waals surface area (Å²) in [5.41, 5.74) is 3.12. The zero-order valence-electron chi connectivity index (χ0n) is 15.6. The van der Waals surface area contributed by atoms with Crippen LogP contribution in [0.25, 0.3) is 11.3 Å². The van der Waals surface area contributed by atoms with E-state index < -0.39 is 11.9 Å². The quantitative estimate of drug-likeness (QED) is 0.710. The Labute approximate surface area is 161 Å². The molecule has 1 amide bonds. The van der Waals surface area contributed by atoms with E-state index in [1.54, 1.807) is 48.4 Å². The van der Waals surface area contributed by atoms with E-state index in [2.05, 4.69) is 10.2 Å². The van der Waals surface area contributed by atoms with E-state index in [0.717, 1.165) is 5.56 Å². The molecule has 2 aromatic carbocycles. The number of aromatic hydroxyl groups is 1. The highest BCUT2D eigenvalue weighted by Gasteiger charge is 2.43. The largest absolute Gasteiger partial charge is 0.507 e. The van der Waals surface area contributed by atoms with Crippen molar-refractivity contribution in [2.75, 3.05) is 20.3 Å². The third-order valence-electron chi connectivity index (χ3n) is 5.01. The Kier molecular flexibility index (Phi) is 4.60. The first-order valence-corrected chi connectivity index (χ1v) is 8.95. The Hall–Kier alpha value is -3.19. The van der Waals surface area contributed by atoms with Gasteiger partial charge in [-0.1, -0.05) is 29.8 Å². The normalized spacial score (nSPS) is 15.9. The second-order valence-electron chi connectivity index (χ2n) is 6.80. The highest BCUT2D eigenvalue weighted by molar-refractivity contribution is 6.00. The van der Waals surface area contributed by atoms with E-state index in [0.29, 0.717) is 41.2 Å². The Bertz CT molecular complexity index is 1050. The molecule has 0 aliphatic carbocycles. The standard InChI is InChI=1S/C21H20FN3O3/c1-12-7-8-16(26)14(11-12)18-17-19(24-23-18)21(27)25(9-10-28-2)20(17)13-5-3-4-6-15(13)22/h3-8,11,20,26H,9-10H2,1-2H3,(H,23,24)/t20-/m0/s1. The van der Waals surface area contributed by atoms with E-state index in [1.165, 1.54) is 6.07 Å². The summed E-state index contributed by atoms with van der Waals surface area (Å²) in [6.07, 6.45) is 0. The van der Waals surface area contributed by atoms with Crippen LogP contribution in [-0.4, -0.2) is 46.4 Å².